The van der Waals surface area contributed by atoms with Crippen LogP contribution in [0.25, 0.3) is 6.08 Å². The Morgan fingerprint density at radius 1 is 1.12 bits per heavy atom. The number of nitrogens with one attached hydrogen (secondary N) is 1. The third-order valence-electron chi connectivity index (χ3n) is 6.83. The minimum atomic E-state index is -0.532. The van der Waals surface area contributed by atoms with E-state index in [2.05, 4.69) is 79.2 Å². The van der Waals surface area contributed by atoms with Crippen LogP contribution in [0.3, 0.4) is 0 Å². The van der Waals surface area contributed by atoms with Crippen LogP contribution in [0.5, 0.6) is 0 Å². The molecule has 3 N–H and O–H groups in total. The second-order valence-electron chi connectivity index (χ2n) is 9.06. The summed E-state index contributed by atoms with van der Waals surface area (Å²) in [5.74, 6) is 0.791. The highest BCUT2D eigenvalue weighted by atomic mass is 32.1. The van der Waals surface area contributed by atoms with E-state index in [4.69, 9.17) is 4.74 Å². The molecule has 0 aromatic heterocycles. The van der Waals surface area contributed by atoms with Crippen molar-refractivity contribution in [2.45, 2.75) is 25.0 Å². The number of anilines is 3. The second-order valence-corrected chi connectivity index (χ2v) is 9.51. The molecule has 0 amide bonds. The van der Waals surface area contributed by atoms with Gasteiger partial charge in [0.15, 0.2) is 5.72 Å². The summed E-state index contributed by atoms with van der Waals surface area (Å²) in [5, 5.41) is 22.0. The lowest BCUT2D eigenvalue weighted by Crippen LogP contribution is -2.51. The lowest BCUT2D eigenvalue weighted by Gasteiger charge is -2.39. The molecule has 0 bridgehead atoms. The highest BCUT2D eigenvalue weighted by molar-refractivity contribution is 7.80. The Morgan fingerprint density at radius 2 is 1.85 bits per heavy atom. The lowest BCUT2D eigenvalue weighted by molar-refractivity contribution is 0.000348. The summed E-state index contributed by atoms with van der Waals surface area (Å²) in [5.41, 5.74) is 4.94. The minimum Gasteiger partial charge on any atom is -0.395 e. The number of nitrogens with zero attached hydrogens (tertiary/aromatic N) is 2. The lowest BCUT2D eigenvalue weighted by atomic mass is 9.77. The normalized spacial score (nSPS) is 20.8. The summed E-state index contributed by atoms with van der Waals surface area (Å²) in [6.45, 7) is 8.01. The average molecular weight is 470 g/mol. The summed E-state index contributed by atoms with van der Waals surface area (Å²) in [6.07, 6.45) is 4.34. The number of thiol groups is 1. The Morgan fingerprint density at radius 3 is 2.52 bits per heavy atom. The van der Waals surface area contributed by atoms with Gasteiger partial charge in [-0.3, -0.25) is 0 Å². The number of ether oxygens (including phenoxy) is 1. The van der Waals surface area contributed by atoms with Gasteiger partial charge in [0.05, 0.1) is 19.8 Å². The molecule has 178 valence electrons. The quantitative estimate of drug-likeness (QED) is 0.400. The van der Waals surface area contributed by atoms with Crippen molar-refractivity contribution in [3.63, 3.8) is 0 Å². The van der Waals surface area contributed by atoms with Gasteiger partial charge >= 0.3 is 0 Å². The molecule has 0 spiro atoms. The van der Waals surface area contributed by atoms with Crippen LogP contribution < -0.4 is 15.1 Å². The first-order chi connectivity index (χ1) is 16.0. The highest BCUT2D eigenvalue weighted by Gasteiger charge is 2.59. The van der Waals surface area contributed by atoms with Gasteiger partial charge in [-0.2, -0.15) is 12.6 Å². The smallest absolute Gasteiger partial charge is 0.170 e. The molecule has 1 fully saturated rings. The molecule has 2 heterocycles. The standard InChI is InChI=1S/C26H35N3O3S/c1-25(2)23-19-21(27-11-18-33)5-8-24(23)29-14-17-32-26(25,29)10-9-20-3-6-22(7-4-20)28(12-15-30)13-16-31/h3-10,19,27,30-31,33H,11-18H2,1-2H3/b10-9+. The Labute approximate surface area is 202 Å². The molecule has 6 nitrogen and oxygen atoms in total. The van der Waals surface area contributed by atoms with Gasteiger partial charge in [-0.05, 0) is 47.5 Å². The van der Waals surface area contributed by atoms with Gasteiger partial charge in [0.1, 0.15) is 0 Å². The molecule has 33 heavy (non-hydrogen) atoms. The summed E-state index contributed by atoms with van der Waals surface area (Å²) in [4.78, 5) is 4.36. The largest absolute Gasteiger partial charge is 0.395 e. The van der Waals surface area contributed by atoms with E-state index in [0.29, 0.717) is 19.7 Å². The van der Waals surface area contributed by atoms with E-state index in [-0.39, 0.29) is 18.6 Å². The SMILES string of the molecule is CC1(C)c2cc(NCCS)ccc2N2CCOC21/C=C/c1ccc(N(CCO)CCO)cc1. The monoisotopic (exact) mass is 469 g/mol. The number of aliphatic hydroxyl groups is 2. The molecule has 0 aliphatic carbocycles. The van der Waals surface area contributed by atoms with Crippen LogP contribution in [0.15, 0.2) is 48.5 Å². The zero-order valence-corrected chi connectivity index (χ0v) is 20.4. The number of hydrogen-bond donors (Lipinski definition) is 4. The van der Waals surface area contributed by atoms with Crippen LogP contribution in [0.1, 0.15) is 25.0 Å². The van der Waals surface area contributed by atoms with Crippen molar-refractivity contribution in [2.24, 2.45) is 0 Å². The van der Waals surface area contributed by atoms with Crippen molar-refractivity contribution in [2.75, 3.05) is 66.9 Å². The first kappa shape index (κ1) is 24.0. The molecule has 7 heteroatoms. The van der Waals surface area contributed by atoms with Crippen molar-refractivity contribution in [1.82, 2.24) is 0 Å². The van der Waals surface area contributed by atoms with Gasteiger partial charge in [-0.15, -0.1) is 0 Å². The molecule has 0 saturated carbocycles. The van der Waals surface area contributed by atoms with Crippen LogP contribution in [0.2, 0.25) is 0 Å². The summed E-state index contributed by atoms with van der Waals surface area (Å²) in [7, 11) is 0. The molecule has 1 saturated heterocycles. The van der Waals surface area contributed by atoms with Gasteiger partial charge in [-0.1, -0.05) is 32.1 Å². The first-order valence-electron chi connectivity index (χ1n) is 11.6. The van der Waals surface area contributed by atoms with E-state index in [1.165, 1.54) is 11.3 Å². The Kier molecular flexibility index (Phi) is 7.24. The van der Waals surface area contributed by atoms with E-state index in [1.54, 1.807) is 0 Å². The third-order valence-corrected chi connectivity index (χ3v) is 7.06. The van der Waals surface area contributed by atoms with Crippen LogP contribution >= 0.6 is 12.6 Å². The minimum absolute atomic E-state index is 0.0544. The van der Waals surface area contributed by atoms with Crippen LogP contribution in [0.4, 0.5) is 17.1 Å². The third kappa shape index (κ3) is 4.35. The van der Waals surface area contributed by atoms with Gasteiger partial charge in [0.2, 0.25) is 0 Å². The fourth-order valence-electron chi connectivity index (χ4n) is 5.09. The average Bonchev–Trinajstić information content (AvgIpc) is 3.33. The molecule has 2 aromatic carbocycles. The molecule has 2 aliphatic rings. The molecule has 2 aromatic rings. The van der Waals surface area contributed by atoms with Gasteiger partial charge in [0, 0.05) is 54.4 Å². The maximum absolute atomic E-state index is 9.29. The highest BCUT2D eigenvalue weighted by Crippen LogP contribution is 2.55. The van der Waals surface area contributed by atoms with E-state index in [1.807, 2.05) is 17.0 Å². The van der Waals surface area contributed by atoms with Crippen LogP contribution in [-0.4, -0.2) is 67.7 Å². The van der Waals surface area contributed by atoms with Crippen molar-refractivity contribution >= 4 is 35.8 Å². The number of benzene rings is 2. The maximum atomic E-state index is 9.29. The van der Waals surface area contributed by atoms with Crippen molar-refractivity contribution in [3.8, 4) is 0 Å². The fourth-order valence-corrected chi connectivity index (χ4v) is 5.20. The van der Waals surface area contributed by atoms with Gasteiger partial charge in [0.25, 0.3) is 0 Å². The Bertz CT molecular complexity index is 973. The van der Waals surface area contributed by atoms with Crippen LogP contribution in [-0.2, 0) is 10.2 Å². The van der Waals surface area contributed by atoms with Crippen molar-refractivity contribution < 1.29 is 14.9 Å². The Hall–Kier alpha value is -2.19. The summed E-state index contributed by atoms with van der Waals surface area (Å²) < 4.78 is 6.47. The second kappa shape index (κ2) is 9.97. The number of rotatable bonds is 10. The number of fused-ring (bicyclic) bond motifs is 3. The van der Waals surface area contributed by atoms with Crippen molar-refractivity contribution in [3.05, 3.63) is 59.7 Å². The van der Waals surface area contributed by atoms with Crippen molar-refractivity contribution in [1.29, 1.82) is 0 Å². The molecule has 2 aliphatic heterocycles. The zero-order valence-electron chi connectivity index (χ0n) is 19.5. The first-order valence-corrected chi connectivity index (χ1v) is 12.3. The van der Waals surface area contributed by atoms with E-state index in [0.717, 1.165) is 35.8 Å². The molecule has 1 atom stereocenters. The van der Waals surface area contributed by atoms with E-state index >= 15 is 0 Å². The van der Waals surface area contributed by atoms with E-state index < -0.39 is 5.72 Å². The molecule has 1 unspecified atom stereocenters. The Balaban J connectivity index is 1.60. The molecule has 4 rings (SSSR count). The predicted octanol–water partition coefficient (Wildman–Crippen LogP) is 3.36. The number of aliphatic hydroxyl groups excluding tert-OH is 2. The maximum Gasteiger partial charge on any atom is 0.170 e. The summed E-state index contributed by atoms with van der Waals surface area (Å²) in [6, 6.07) is 14.8. The number of hydrogen-bond acceptors (Lipinski definition) is 7. The molecular formula is C26H35N3O3S. The zero-order chi connectivity index (χ0) is 23.5. The predicted molar refractivity (Wildman–Crippen MR) is 140 cm³/mol. The molecule has 0 radical (unpaired) electrons. The van der Waals surface area contributed by atoms with Gasteiger partial charge in [-0.25, -0.2) is 0 Å². The molecular weight excluding hydrogens is 434 g/mol. The van der Waals surface area contributed by atoms with Crippen LogP contribution in [0, 0.1) is 0 Å². The van der Waals surface area contributed by atoms with E-state index in [9.17, 15) is 10.2 Å². The fraction of sp³-hybridized carbons (Fsp3) is 0.462. The topological polar surface area (TPSA) is 68.2 Å². The van der Waals surface area contributed by atoms with Gasteiger partial charge < -0.3 is 30.1 Å². The summed E-state index contributed by atoms with van der Waals surface area (Å²) >= 11 is 4.31.